The first-order valence-corrected chi connectivity index (χ1v) is 7.34. The molecule has 2 aromatic carbocycles. The van der Waals surface area contributed by atoms with Gasteiger partial charge in [0.25, 0.3) is 0 Å². The molecule has 19 heavy (non-hydrogen) atoms. The van der Waals surface area contributed by atoms with Crippen molar-refractivity contribution in [3.63, 3.8) is 0 Å². The van der Waals surface area contributed by atoms with Gasteiger partial charge in [-0.1, -0.05) is 57.4 Å². The molecule has 2 rings (SSSR count). The molecule has 2 heteroatoms. The van der Waals surface area contributed by atoms with Crippen LogP contribution in [0.3, 0.4) is 0 Å². The van der Waals surface area contributed by atoms with E-state index in [-0.39, 0.29) is 6.04 Å². The van der Waals surface area contributed by atoms with Gasteiger partial charge in [-0.15, -0.1) is 0 Å². The number of aryl methyl sites for hydroxylation is 3. The second-order valence-corrected chi connectivity index (χ2v) is 6.17. The van der Waals surface area contributed by atoms with Crippen LogP contribution in [0.25, 0.3) is 0 Å². The molecule has 0 radical (unpaired) electrons. The molecule has 0 aromatic heterocycles. The van der Waals surface area contributed by atoms with Gasteiger partial charge in [0.15, 0.2) is 0 Å². The standard InChI is InChI=1S/C17H20BrN/c1-11-6-12(2)8-14(7-11)9-17(19)15-5-4-13(3)16(18)10-15/h4-8,10,17H,9,19H2,1-3H3. The lowest BCUT2D eigenvalue weighted by Gasteiger charge is -2.14. The number of nitrogens with two attached hydrogens (primary N) is 1. The Morgan fingerprint density at radius 1 is 1.00 bits per heavy atom. The Morgan fingerprint density at radius 3 is 2.21 bits per heavy atom. The summed E-state index contributed by atoms with van der Waals surface area (Å²) in [5.74, 6) is 0. The molecule has 0 aliphatic heterocycles. The predicted octanol–water partition coefficient (Wildman–Crippen LogP) is 4.62. The normalized spacial score (nSPS) is 12.5. The lowest BCUT2D eigenvalue weighted by Crippen LogP contribution is -2.13. The molecule has 0 aliphatic rings. The highest BCUT2D eigenvalue weighted by Gasteiger charge is 2.09. The molecule has 0 saturated carbocycles. The Labute approximate surface area is 124 Å². The molecule has 0 heterocycles. The number of hydrogen-bond acceptors (Lipinski definition) is 1. The van der Waals surface area contributed by atoms with Crippen molar-refractivity contribution in [2.75, 3.05) is 0 Å². The van der Waals surface area contributed by atoms with Crippen LogP contribution in [0.15, 0.2) is 40.9 Å². The molecule has 0 amide bonds. The van der Waals surface area contributed by atoms with Crippen LogP contribution in [0.2, 0.25) is 0 Å². The number of hydrogen-bond donors (Lipinski definition) is 1. The molecular formula is C17H20BrN. The van der Waals surface area contributed by atoms with Crippen LogP contribution >= 0.6 is 15.9 Å². The first-order chi connectivity index (χ1) is 8.95. The van der Waals surface area contributed by atoms with Crippen LogP contribution < -0.4 is 5.73 Å². The fourth-order valence-electron chi connectivity index (χ4n) is 2.40. The molecular weight excluding hydrogens is 298 g/mol. The third-order valence-corrected chi connectivity index (χ3v) is 4.22. The molecule has 1 nitrogen and oxygen atoms in total. The molecule has 2 N–H and O–H groups in total. The summed E-state index contributed by atoms with van der Waals surface area (Å²) in [5, 5.41) is 0. The fraction of sp³-hybridized carbons (Fsp3) is 0.294. The van der Waals surface area contributed by atoms with Crippen molar-refractivity contribution in [2.24, 2.45) is 5.73 Å². The quantitative estimate of drug-likeness (QED) is 0.878. The molecule has 2 aromatic rings. The number of rotatable bonds is 3. The van der Waals surface area contributed by atoms with E-state index in [0.717, 1.165) is 10.9 Å². The Balaban J connectivity index is 2.20. The Kier molecular flexibility index (Phi) is 4.43. The van der Waals surface area contributed by atoms with Crippen LogP contribution in [0.5, 0.6) is 0 Å². The van der Waals surface area contributed by atoms with Crippen molar-refractivity contribution in [3.8, 4) is 0 Å². The summed E-state index contributed by atoms with van der Waals surface area (Å²) in [7, 11) is 0. The maximum atomic E-state index is 6.33. The van der Waals surface area contributed by atoms with Crippen molar-refractivity contribution in [1.29, 1.82) is 0 Å². The monoisotopic (exact) mass is 317 g/mol. The minimum Gasteiger partial charge on any atom is -0.324 e. The zero-order chi connectivity index (χ0) is 14.0. The molecule has 0 aliphatic carbocycles. The van der Waals surface area contributed by atoms with Gasteiger partial charge < -0.3 is 5.73 Å². The van der Waals surface area contributed by atoms with E-state index in [1.54, 1.807) is 0 Å². The van der Waals surface area contributed by atoms with Crippen molar-refractivity contribution in [3.05, 3.63) is 68.7 Å². The summed E-state index contributed by atoms with van der Waals surface area (Å²) in [6.45, 7) is 6.35. The van der Waals surface area contributed by atoms with Crippen LogP contribution in [0.1, 0.15) is 33.9 Å². The number of benzene rings is 2. The van der Waals surface area contributed by atoms with E-state index in [4.69, 9.17) is 5.73 Å². The summed E-state index contributed by atoms with van der Waals surface area (Å²) in [5.41, 5.74) is 12.6. The SMILES string of the molecule is Cc1cc(C)cc(CC(N)c2ccc(C)c(Br)c2)c1. The smallest absolute Gasteiger partial charge is 0.0336 e. The lowest BCUT2D eigenvalue weighted by atomic mass is 9.97. The molecule has 1 unspecified atom stereocenters. The lowest BCUT2D eigenvalue weighted by molar-refractivity contribution is 0.720. The molecule has 0 bridgehead atoms. The predicted molar refractivity (Wildman–Crippen MR) is 85.4 cm³/mol. The fourth-order valence-corrected chi connectivity index (χ4v) is 2.79. The van der Waals surface area contributed by atoms with Gasteiger partial charge in [-0.05, 0) is 49.9 Å². The van der Waals surface area contributed by atoms with Crippen LogP contribution in [0, 0.1) is 20.8 Å². The first kappa shape index (κ1) is 14.3. The zero-order valence-corrected chi connectivity index (χ0v) is 13.3. The van der Waals surface area contributed by atoms with Crippen LogP contribution in [-0.4, -0.2) is 0 Å². The summed E-state index contributed by atoms with van der Waals surface area (Å²) in [6.07, 6.45) is 0.873. The van der Waals surface area contributed by atoms with E-state index in [2.05, 4.69) is 73.1 Å². The van der Waals surface area contributed by atoms with E-state index < -0.39 is 0 Å². The van der Waals surface area contributed by atoms with E-state index in [1.807, 2.05) is 0 Å². The Bertz CT molecular complexity index is 570. The van der Waals surface area contributed by atoms with Crippen LogP contribution in [0.4, 0.5) is 0 Å². The van der Waals surface area contributed by atoms with Crippen molar-refractivity contribution in [2.45, 2.75) is 33.2 Å². The molecule has 1 atom stereocenters. The van der Waals surface area contributed by atoms with E-state index in [9.17, 15) is 0 Å². The van der Waals surface area contributed by atoms with Gasteiger partial charge in [-0.25, -0.2) is 0 Å². The van der Waals surface area contributed by atoms with Crippen molar-refractivity contribution >= 4 is 15.9 Å². The van der Waals surface area contributed by atoms with Gasteiger partial charge in [0.05, 0.1) is 0 Å². The summed E-state index contributed by atoms with van der Waals surface area (Å²) >= 11 is 3.57. The molecule has 0 spiro atoms. The first-order valence-electron chi connectivity index (χ1n) is 6.54. The van der Waals surface area contributed by atoms with Gasteiger partial charge in [0.1, 0.15) is 0 Å². The third-order valence-electron chi connectivity index (χ3n) is 3.36. The highest BCUT2D eigenvalue weighted by Crippen LogP contribution is 2.23. The third kappa shape index (κ3) is 3.68. The van der Waals surface area contributed by atoms with Gasteiger partial charge in [0, 0.05) is 10.5 Å². The summed E-state index contributed by atoms with van der Waals surface area (Å²) < 4.78 is 1.13. The average Bonchev–Trinajstić information content (AvgIpc) is 2.31. The van der Waals surface area contributed by atoms with Crippen LogP contribution in [-0.2, 0) is 6.42 Å². The van der Waals surface area contributed by atoms with Crippen molar-refractivity contribution in [1.82, 2.24) is 0 Å². The molecule has 0 fully saturated rings. The van der Waals surface area contributed by atoms with Gasteiger partial charge in [-0.3, -0.25) is 0 Å². The van der Waals surface area contributed by atoms with E-state index in [1.165, 1.54) is 27.8 Å². The minimum atomic E-state index is 0.0399. The maximum absolute atomic E-state index is 6.33. The zero-order valence-electron chi connectivity index (χ0n) is 11.7. The minimum absolute atomic E-state index is 0.0399. The molecule has 0 saturated heterocycles. The highest BCUT2D eigenvalue weighted by atomic mass is 79.9. The summed E-state index contributed by atoms with van der Waals surface area (Å²) in [6, 6.07) is 13.0. The largest absolute Gasteiger partial charge is 0.324 e. The van der Waals surface area contributed by atoms with Gasteiger partial charge >= 0.3 is 0 Å². The Morgan fingerprint density at radius 2 is 1.63 bits per heavy atom. The second-order valence-electron chi connectivity index (χ2n) is 5.32. The second kappa shape index (κ2) is 5.89. The van der Waals surface area contributed by atoms with Gasteiger partial charge in [0.2, 0.25) is 0 Å². The molecule has 100 valence electrons. The van der Waals surface area contributed by atoms with Gasteiger partial charge in [-0.2, -0.15) is 0 Å². The van der Waals surface area contributed by atoms with E-state index >= 15 is 0 Å². The van der Waals surface area contributed by atoms with E-state index in [0.29, 0.717) is 0 Å². The Hall–Kier alpha value is -1.12. The topological polar surface area (TPSA) is 26.0 Å². The maximum Gasteiger partial charge on any atom is 0.0336 e. The number of halogens is 1. The van der Waals surface area contributed by atoms with Crippen molar-refractivity contribution < 1.29 is 0 Å². The highest BCUT2D eigenvalue weighted by molar-refractivity contribution is 9.10. The average molecular weight is 318 g/mol. The summed E-state index contributed by atoms with van der Waals surface area (Å²) in [4.78, 5) is 0.